The summed E-state index contributed by atoms with van der Waals surface area (Å²) in [5, 5.41) is 2.77. The van der Waals surface area contributed by atoms with E-state index in [4.69, 9.17) is 4.74 Å². The number of aromatic nitrogens is 4. The van der Waals surface area contributed by atoms with Crippen LogP contribution in [0.5, 0.6) is 5.88 Å². The zero-order valence-electron chi connectivity index (χ0n) is 18.2. The molecule has 0 aliphatic carbocycles. The first-order valence-corrected chi connectivity index (χ1v) is 10.1. The van der Waals surface area contributed by atoms with Gasteiger partial charge < -0.3 is 10.1 Å². The van der Waals surface area contributed by atoms with Gasteiger partial charge in [-0.2, -0.15) is 0 Å². The van der Waals surface area contributed by atoms with E-state index < -0.39 is 28.8 Å². The first kappa shape index (κ1) is 22.8. The Morgan fingerprint density at radius 3 is 2.47 bits per heavy atom. The van der Waals surface area contributed by atoms with Crippen LogP contribution >= 0.6 is 0 Å². The molecule has 4 aromatic rings. The van der Waals surface area contributed by atoms with Gasteiger partial charge in [-0.25, -0.2) is 23.5 Å². The number of hydrogen-bond donors (Lipinski definition) is 1. The summed E-state index contributed by atoms with van der Waals surface area (Å²) in [5.41, 5.74) is -0.174. The molecule has 0 aliphatic rings. The van der Waals surface area contributed by atoms with Crippen molar-refractivity contribution >= 4 is 16.8 Å². The van der Waals surface area contributed by atoms with E-state index in [2.05, 4.69) is 15.3 Å². The number of halogens is 2. The molecule has 4 rings (SSSR count). The fourth-order valence-electron chi connectivity index (χ4n) is 3.40. The van der Waals surface area contributed by atoms with Crippen molar-refractivity contribution in [2.24, 2.45) is 7.05 Å². The third-order valence-corrected chi connectivity index (χ3v) is 5.25. The quantitative estimate of drug-likeness (QED) is 0.463. The molecule has 0 atom stereocenters. The number of rotatable bonds is 6. The van der Waals surface area contributed by atoms with Gasteiger partial charge in [-0.05, 0) is 29.3 Å². The molecule has 0 radical (unpaired) electrons. The standard InChI is InChI=1S/C23H19F2N5O4/c1-29-19-11-26-18(21(31)28-10-14-4-6-20(34-2)27-9-14)8-15(19)22(32)30(23(29)33)12-13-3-5-16(24)17(25)7-13/h3-9,11H,10,12H2,1-2H3,(H,28,31). The van der Waals surface area contributed by atoms with Gasteiger partial charge in [0.15, 0.2) is 11.6 Å². The lowest BCUT2D eigenvalue weighted by atomic mass is 10.2. The van der Waals surface area contributed by atoms with Gasteiger partial charge >= 0.3 is 5.69 Å². The van der Waals surface area contributed by atoms with Gasteiger partial charge in [-0.15, -0.1) is 0 Å². The van der Waals surface area contributed by atoms with Gasteiger partial charge in [0.05, 0.1) is 30.8 Å². The Morgan fingerprint density at radius 1 is 1.03 bits per heavy atom. The Morgan fingerprint density at radius 2 is 1.79 bits per heavy atom. The summed E-state index contributed by atoms with van der Waals surface area (Å²) in [7, 11) is 2.95. The number of benzene rings is 1. The number of fused-ring (bicyclic) bond motifs is 1. The van der Waals surface area contributed by atoms with E-state index in [0.29, 0.717) is 5.88 Å². The van der Waals surface area contributed by atoms with Crippen molar-refractivity contribution in [3.8, 4) is 5.88 Å². The van der Waals surface area contributed by atoms with Crippen molar-refractivity contribution in [2.45, 2.75) is 13.1 Å². The van der Waals surface area contributed by atoms with E-state index in [0.717, 1.165) is 22.3 Å². The number of nitrogens with zero attached hydrogens (tertiary/aromatic N) is 4. The number of hydrogen-bond acceptors (Lipinski definition) is 6. The summed E-state index contributed by atoms with van der Waals surface area (Å²) in [4.78, 5) is 46.6. The minimum atomic E-state index is -1.08. The molecule has 0 unspecified atom stereocenters. The predicted molar refractivity (Wildman–Crippen MR) is 119 cm³/mol. The first-order valence-electron chi connectivity index (χ1n) is 10.1. The van der Waals surface area contributed by atoms with Gasteiger partial charge in [0.25, 0.3) is 11.5 Å². The van der Waals surface area contributed by atoms with Crippen LogP contribution in [0.4, 0.5) is 8.78 Å². The van der Waals surface area contributed by atoms with Crippen LogP contribution in [-0.4, -0.2) is 32.1 Å². The molecule has 0 aliphatic heterocycles. The maximum atomic E-state index is 13.6. The second kappa shape index (κ2) is 9.22. The molecule has 34 heavy (non-hydrogen) atoms. The maximum absolute atomic E-state index is 13.6. The Bertz CT molecular complexity index is 1510. The van der Waals surface area contributed by atoms with Gasteiger partial charge in [-0.1, -0.05) is 12.1 Å². The highest BCUT2D eigenvalue weighted by molar-refractivity contribution is 5.95. The van der Waals surface area contributed by atoms with Crippen LogP contribution in [0, 0.1) is 11.6 Å². The maximum Gasteiger partial charge on any atom is 0.331 e. The van der Waals surface area contributed by atoms with Crippen molar-refractivity contribution in [1.82, 2.24) is 24.4 Å². The summed E-state index contributed by atoms with van der Waals surface area (Å²) in [6, 6.07) is 7.82. The number of aryl methyl sites for hydroxylation is 1. The van der Waals surface area contributed by atoms with Crippen LogP contribution in [-0.2, 0) is 20.1 Å². The van der Waals surface area contributed by atoms with Crippen LogP contribution in [0.1, 0.15) is 21.6 Å². The monoisotopic (exact) mass is 467 g/mol. The smallest absolute Gasteiger partial charge is 0.331 e. The number of carbonyl (C=O) groups is 1. The van der Waals surface area contributed by atoms with Crippen LogP contribution in [0.25, 0.3) is 10.9 Å². The molecule has 174 valence electrons. The van der Waals surface area contributed by atoms with E-state index in [-0.39, 0.29) is 35.2 Å². The van der Waals surface area contributed by atoms with Crippen LogP contribution < -0.4 is 21.3 Å². The van der Waals surface area contributed by atoms with Crippen molar-refractivity contribution < 1.29 is 18.3 Å². The largest absolute Gasteiger partial charge is 0.481 e. The van der Waals surface area contributed by atoms with Gasteiger partial charge in [0.1, 0.15) is 5.69 Å². The Kier molecular flexibility index (Phi) is 6.17. The van der Waals surface area contributed by atoms with E-state index in [1.165, 1.54) is 37.1 Å². The zero-order chi connectivity index (χ0) is 24.4. The highest BCUT2D eigenvalue weighted by atomic mass is 19.2. The molecule has 0 saturated heterocycles. The Hall–Kier alpha value is -4.41. The zero-order valence-corrected chi connectivity index (χ0v) is 18.2. The lowest BCUT2D eigenvalue weighted by Crippen LogP contribution is -2.39. The molecular weight excluding hydrogens is 448 g/mol. The molecule has 0 saturated carbocycles. The summed E-state index contributed by atoms with van der Waals surface area (Å²) < 4.78 is 33.9. The molecule has 11 heteroatoms. The SMILES string of the molecule is COc1ccc(CNC(=O)c2cc3c(=O)n(Cc4ccc(F)c(F)c4)c(=O)n(C)c3cn2)cn1. The normalized spacial score (nSPS) is 10.9. The fourth-order valence-corrected chi connectivity index (χ4v) is 3.40. The highest BCUT2D eigenvalue weighted by Crippen LogP contribution is 2.12. The highest BCUT2D eigenvalue weighted by Gasteiger charge is 2.16. The van der Waals surface area contributed by atoms with Crippen LogP contribution in [0.3, 0.4) is 0 Å². The number of amides is 1. The first-order chi connectivity index (χ1) is 16.3. The molecule has 0 bridgehead atoms. The molecule has 1 amide bonds. The summed E-state index contributed by atoms with van der Waals surface area (Å²) >= 11 is 0. The molecule has 9 nitrogen and oxygen atoms in total. The van der Waals surface area contributed by atoms with E-state index in [1.807, 2.05) is 0 Å². The average molecular weight is 467 g/mol. The van der Waals surface area contributed by atoms with Crippen LogP contribution in [0.2, 0.25) is 0 Å². The van der Waals surface area contributed by atoms with Crippen molar-refractivity contribution in [2.75, 3.05) is 7.11 Å². The van der Waals surface area contributed by atoms with Gasteiger partial charge in [-0.3, -0.25) is 18.7 Å². The number of ether oxygens (including phenoxy) is 1. The third-order valence-electron chi connectivity index (χ3n) is 5.25. The summed E-state index contributed by atoms with van der Waals surface area (Å²) in [6.45, 7) is -0.101. The van der Waals surface area contributed by atoms with E-state index in [9.17, 15) is 23.2 Å². The summed E-state index contributed by atoms with van der Waals surface area (Å²) in [6.07, 6.45) is 2.82. The number of nitrogens with one attached hydrogen (secondary N) is 1. The second-order valence-corrected chi connectivity index (χ2v) is 7.46. The number of methoxy groups -OCH3 is 1. The molecule has 1 aromatic carbocycles. The van der Waals surface area contributed by atoms with Crippen molar-refractivity contribution in [3.63, 3.8) is 0 Å². The Balaban J connectivity index is 1.65. The lowest BCUT2D eigenvalue weighted by molar-refractivity contribution is 0.0946. The fraction of sp³-hybridized carbons (Fsp3) is 0.174. The van der Waals surface area contributed by atoms with Crippen molar-refractivity contribution in [1.29, 1.82) is 0 Å². The molecule has 3 heterocycles. The summed E-state index contributed by atoms with van der Waals surface area (Å²) in [5.74, 6) is -2.21. The van der Waals surface area contributed by atoms with Gasteiger partial charge in [0, 0.05) is 25.9 Å². The minimum absolute atomic E-state index is 0.0240. The second-order valence-electron chi connectivity index (χ2n) is 7.46. The Labute approximate surface area is 191 Å². The molecule has 3 aromatic heterocycles. The van der Waals surface area contributed by atoms with E-state index in [1.54, 1.807) is 18.3 Å². The van der Waals surface area contributed by atoms with Crippen molar-refractivity contribution in [3.05, 3.63) is 98.1 Å². The number of pyridine rings is 2. The van der Waals surface area contributed by atoms with Gasteiger partial charge in [0.2, 0.25) is 5.88 Å². The lowest BCUT2D eigenvalue weighted by Gasteiger charge is -2.12. The molecule has 1 N–H and O–H groups in total. The minimum Gasteiger partial charge on any atom is -0.481 e. The average Bonchev–Trinajstić information content (AvgIpc) is 2.85. The van der Waals surface area contributed by atoms with E-state index >= 15 is 0 Å². The molecular formula is C23H19F2N5O4. The third kappa shape index (κ3) is 4.40. The molecule has 0 spiro atoms. The topological polar surface area (TPSA) is 108 Å². The predicted octanol–water partition coefficient (Wildman–Crippen LogP) is 1.76. The number of carbonyl (C=O) groups excluding carboxylic acids is 1. The molecule has 0 fully saturated rings. The van der Waals surface area contributed by atoms with Crippen LogP contribution in [0.15, 0.2) is 58.4 Å².